The summed E-state index contributed by atoms with van der Waals surface area (Å²) in [5.74, 6) is -0.438. The van der Waals surface area contributed by atoms with Gasteiger partial charge >= 0.3 is 0 Å². The first-order chi connectivity index (χ1) is 11.6. The molecule has 0 radical (unpaired) electrons. The smallest absolute Gasteiger partial charge is 0.270 e. The maximum atomic E-state index is 12.7. The third-order valence-corrected chi connectivity index (χ3v) is 3.85. The Balaban J connectivity index is 2.05. The van der Waals surface area contributed by atoms with E-state index in [2.05, 4.69) is 16.3 Å². The van der Waals surface area contributed by atoms with E-state index in [1.807, 2.05) is 30.3 Å². The maximum Gasteiger partial charge on any atom is 0.270 e. The topological polar surface area (TPSA) is 76.4 Å². The van der Waals surface area contributed by atoms with Crippen LogP contribution >= 0.6 is 0 Å². The van der Waals surface area contributed by atoms with Crippen LogP contribution in [0, 0.1) is 11.3 Å². The molecular weight excluding hydrogens is 304 g/mol. The second kappa shape index (κ2) is 8.85. The van der Waals surface area contributed by atoms with Crippen molar-refractivity contribution < 1.29 is 9.59 Å². The molecule has 6 heteroatoms. The Morgan fingerprint density at radius 1 is 1.21 bits per heavy atom. The minimum absolute atomic E-state index is 0.172. The van der Waals surface area contributed by atoms with E-state index in [1.54, 1.807) is 11.0 Å². The average Bonchev–Trinajstić information content (AvgIpc) is 2.60. The lowest BCUT2D eigenvalue weighted by atomic mass is 10.1. The van der Waals surface area contributed by atoms with Gasteiger partial charge in [-0.3, -0.25) is 14.5 Å². The number of hydrogen-bond donors (Lipinski definition) is 1. The van der Waals surface area contributed by atoms with Crippen molar-refractivity contribution in [3.63, 3.8) is 0 Å². The maximum absolute atomic E-state index is 12.7. The van der Waals surface area contributed by atoms with Gasteiger partial charge < -0.3 is 10.2 Å². The summed E-state index contributed by atoms with van der Waals surface area (Å²) >= 11 is 0. The number of rotatable bonds is 5. The Bertz CT molecular complexity index is 641. The highest BCUT2D eigenvalue weighted by Crippen LogP contribution is 2.10. The summed E-state index contributed by atoms with van der Waals surface area (Å²) in [4.78, 5) is 28.1. The SMILES string of the molecule is CC(=O)N/C(=C\c1ccccc1)C(=O)N1CCN(CCC#N)CC1. The molecule has 1 aliphatic rings. The largest absolute Gasteiger partial charge is 0.335 e. The molecule has 24 heavy (non-hydrogen) atoms. The van der Waals surface area contributed by atoms with E-state index in [9.17, 15) is 9.59 Å². The number of benzene rings is 1. The zero-order valence-corrected chi connectivity index (χ0v) is 13.9. The normalized spacial score (nSPS) is 15.7. The van der Waals surface area contributed by atoms with Gasteiger partial charge in [0.25, 0.3) is 5.91 Å². The highest BCUT2D eigenvalue weighted by atomic mass is 16.2. The first kappa shape index (κ1) is 17.7. The summed E-state index contributed by atoms with van der Waals surface area (Å²) in [7, 11) is 0. The zero-order valence-electron chi connectivity index (χ0n) is 13.9. The minimum Gasteiger partial charge on any atom is -0.335 e. The predicted octanol–water partition coefficient (Wildman–Crippen LogP) is 1.22. The second-order valence-corrected chi connectivity index (χ2v) is 5.69. The number of amides is 2. The van der Waals surface area contributed by atoms with Gasteiger partial charge in [-0.25, -0.2) is 0 Å². The molecule has 0 saturated carbocycles. The van der Waals surface area contributed by atoms with Crippen LogP contribution in [0.25, 0.3) is 6.08 Å². The van der Waals surface area contributed by atoms with Crippen LogP contribution in [0.3, 0.4) is 0 Å². The minimum atomic E-state index is -0.266. The first-order valence-electron chi connectivity index (χ1n) is 8.03. The number of piperazine rings is 1. The summed E-state index contributed by atoms with van der Waals surface area (Å²) in [6.07, 6.45) is 2.20. The highest BCUT2D eigenvalue weighted by Gasteiger charge is 2.24. The molecule has 2 amide bonds. The van der Waals surface area contributed by atoms with Gasteiger partial charge in [0, 0.05) is 46.1 Å². The quantitative estimate of drug-likeness (QED) is 0.826. The number of carbonyl (C=O) groups is 2. The van der Waals surface area contributed by atoms with Crippen LogP contribution < -0.4 is 5.32 Å². The number of nitriles is 1. The Morgan fingerprint density at radius 3 is 2.46 bits per heavy atom. The van der Waals surface area contributed by atoms with E-state index in [1.165, 1.54) is 6.92 Å². The molecule has 6 nitrogen and oxygen atoms in total. The number of hydrogen-bond acceptors (Lipinski definition) is 4. The number of carbonyl (C=O) groups excluding carboxylic acids is 2. The number of nitrogens with one attached hydrogen (secondary N) is 1. The molecule has 0 bridgehead atoms. The molecule has 1 N–H and O–H groups in total. The van der Waals surface area contributed by atoms with Gasteiger partial charge in [0.2, 0.25) is 5.91 Å². The summed E-state index contributed by atoms with van der Waals surface area (Å²) in [6.45, 7) is 4.80. The van der Waals surface area contributed by atoms with Gasteiger partial charge in [0.05, 0.1) is 6.07 Å². The Morgan fingerprint density at radius 2 is 1.88 bits per heavy atom. The fourth-order valence-electron chi connectivity index (χ4n) is 2.61. The van der Waals surface area contributed by atoms with Crippen molar-refractivity contribution >= 4 is 17.9 Å². The molecule has 0 atom stereocenters. The first-order valence-corrected chi connectivity index (χ1v) is 8.03. The van der Waals surface area contributed by atoms with E-state index in [0.717, 1.165) is 25.2 Å². The number of nitrogens with zero attached hydrogens (tertiary/aromatic N) is 3. The molecule has 1 fully saturated rings. The second-order valence-electron chi connectivity index (χ2n) is 5.69. The lowest BCUT2D eigenvalue weighted by Crippen LogP contribution is -2.50. The van der Waals surface area contributed by atoms with Crippen LogP contribution in [-0.2, 0) is 9.59 Å². The molecule has 2 rings (SSSR count). The van der Waals surface area contributed by atoms with Crippen LogP contribution in [0.4, 0.5) is 0 Å². The van der Waals surface area contributed by atoms with Gasteiger partial charge in [0.1, 0.15) is 5.70 Å². The predicted molar refractivity (Wildman–Crippen MR) is 91.5 cm³/mol. The molecule has 126 valence electrons. The van der Waals surface area contributed by atoms with Crippen LogP contribution in [0.1, 0.15) is 18.9 Å². The van der Waals surface area contributed by atoms with Crippen LogP contribution in [0.5, 0.6) is 0 Å². The van der Waals surface area contributed by atoms with Crippen LogP contribution in [0.2, 0.25) is 0 Å². The Hall–Kier alpha value is -2.65. The lowest BCUT2D eigenvalue weighted by molar-refractivity contribution is -0.130. The van der Waals surface area contributed by atoms with Crippen molar-refractivity contribution in [2.24, 2.45) is 0 Å². The summed E-state index contributed by atoms with van der Waals surface area (Å²) in [5.41, 5.74) is 1.15. The van der Waals surface area contributed by atoms with E-state index >= 15 is 0 Å². The molecule has 0 spiro atoms. The van der Waals surface area contributed by atoms with Crippen LogP contribution in [-0.4, -0.2) is 54.3 Å². The monoisotopic (exact) mass is 326 g/mol. The van der Waals surface area contributed by atoms with Crippen LogP contribution in [0.15, 0.2) is 36.0 Å². The third kappa shape index (κ3) is 5.21. The van der Waals surface area contributed by atoms with Gasteiger partial charge in [-0.1, -0.05) is 30.3 Å². The van der Waals surface area contributed by atoms with Gasteiger partial charge in [-0.2, -0.15) is 5.26 Å². The van der Waals surface area contributed by atoms with Gasteiger partial charge in [-0.05, 0) is 11.6 Å². The van der Waals surface area contributed by atoms with E-state index in [-0.39, 0.29) is 11.8 Å². The van der Waals surface area contributed by atoms with E-state index < -0.39 is 0 Å². The van der Waals surface area contributed by atoms with Crippen molar-refractivity contribution in [2.75, 3.05) is 32.7 Å². The van der Waals surface area contributed by atoms with Crippen molar-refractivity contribution in [1.29, 1.82) is 5.26 Å². The average molecular weight is 326 g/mol. The molecule has 1 heterocycles. The fraction of sp³-hybridized carbons (Fsp3) is 0.389. The van der Waals surface area contributed by atoms with E-state index in [0.29, 0.717) is 25.2 Å². The summed E-state index contributed by atoms with van der Waals surface area (Å²) < 4.78 is 0. The molecular formula is C18H22N4O2. The van der Waals surface area contributed by atoms with Crippen molar-refractivity contribution in [1.82, 2.24) is 15.1 Å². The fourth-order valence-corrected chi connectivity index (χ4v) is 2.61. The van der Waals surface area contributed by atoms with Crippen molar-refractivity contribution in [2.45, 2.75) is 13.3 Å². The lowest BCUT2D eigenvalue weighted by Gasteiger charge is -2.34. The van der Waals surface area contributed by atoms with Gasteiger partial charge in [0.15, 0.2) is 0 Å². The molecule has 1 aromatic carbocycles. The third-order valence-electron chi connectivity index (χ3n) is 3.85. The van der Waals surface area contributed by atoms with Crippen molar-refractivity contribution in [3.05, 3.63) is 41.6 Å². The molecule has 0 unspecified atom stereocenters. The molecule has 0 aliphatic carbocycles. The highest BCUT2D eigenvalue weighted by molar-refractivity contribution is 6.01. The molecule has 1 aliphatic heterocycles. The molecule has 1 saturated heterocycles. The Kier molecular flexibility index (Phi) is 6.52. The standard InChI is InChI=1S/C18H22N4O2/c1-15(23)20-17(14-16-6-3-2-4-7-16)18(24)22-12-10-21(11-13-22)9-5-8-19/h2-4,6-7,14H,5,9-13H2,1H3,(H,20,23)/b17-14-. The summed E-state index contributed by atoms with van der Waals surface area (Å²) in [5, 5.41) is 11.3. The Labute approximate surface area is 142 Å². The van der Waals surface area contributed by atoms with Gasteiger partial charge in [-0.15, -0.1) is 0 Å². The van der Waals surface area contributed by atoms with E-state index in [4.69, 9.17) is 5.26 Å². The zero-order chi connectivity index (χ0) is 17.4. The summed E-state index contributed by atoms with van der Waals surface area (Å²) in [6, 6.07) is 11.6. The molecule has 0 aromatic heterocycles. The van der Waals surface area contributed by atoms with Crippen molar-refractivity contribution in [3.8, 4) is 6.07 Å². The molecule has 1 aromatic rings.